The van der Waals surface area contributed by atoms with Crippen LogP contribution in [0.1, 0.15) is 12.5 Å². The van der Waals surface area contributed by atoms with Gasteiger partial charge in [0, 0.05) is 17.2 Å². The summed E-state index contributed by atoms with van der Waals surface area (Å²) in [4.78, 5) is 0.951. The van der Waals surface area contributed by atoms with Crippen molar-refractivity contribution in [3.63, 3.8) is 0 Å². The van der Waals surface area contributed by atoms with E-state index < -0.39 is 5.60 Å². The smallest absolute Gasteiger partial charge is 0.102 e. The number of rotatable bonds is 6. The van der Waals surface area contributed by atoms with Gasteiger partial charge >= 0.3 is 0 Å². The van der Waals surface area contributed by atoms with Gasteiger partial charge in [0.15, 0.2) is 0 Å². The van der Waals surface area contributed by atoms with Crippen LogP contribution in [-0.4, -0.2) is 35.5 Å². The van der Waals surface area contributed by atoms with Gasteiger partial charge in [0.25, 0.3) is 0 Å². The highest BCUT2D eigenvalue weighted by Gasteiger charge is 2.20. The average Bonchev–Trinajstić information content (AvgIpc) is 2.35. The van der Waals surface area contributed by atoms with Crippen molar-refractivity contribution in [3.05, 3.63) is 23.8 Å². The fourth-order valence-electron chi connectivity index (χ4n) is 1.61. The van der Waals surface area contributed by atoms with E-state index in [1.807, 2.05) is 30.7 Å². The largest absolute Gasteiger partial charge is 0.387 e. The summed E-state index contributed by atoms with van der Waals surface area (Å²) in [7, 11) is 0. The summed E-state index contributed by atoms with van der Waals surface area (Å²) < 4.78 is 0. The SMILES string of the molecule is CSCC(C)(O)CNc1cccc(SC)c1C#N. The van der Waals surface area contributed by atoms with Gasteiger partial charge in [-0.25, -0.2) is 0 Å². The third-order valence-electron chi connectivity index (χ3n) is 2.47. The molecular formula is C13H18N2OS2. The zero-order valence-electron chi connectivity index (χ0n) is 10.9. The molecule has 0 aliphatic rings. The normalized spacial score (nSPS) is 13.7. The van der Waals surface area contributed by atoms with Gasteiger partial charge in [-0.2, -0.15) is 17.0 Å². The Morgan fingerprint density at radius 1 is 1.44 bits per heavy atom. The maximum absolute atomic E-state index is 10.1. The Hall–Kier alpha value is -0.830. The summed E-state index contributed by atoms with van der Waals surface area (Å²) in [5, 5.41) is 22.5. The molecule has 0 heterocycles. The van der Waals surface area contributed by atoms with Crippen LogP contribution in [0.5, 0.6) is 0 Å². The number of nitrogens with one attached hydrogen (secondary N) is 1. The van der Waals surface area contributed by atoms with Gasteiger partial charge in [-0.05, 0) is 31.6 Å². The molecule has 1 rings (SSSR count). The fraction of sp³-hybridized carbons (Fsp3) is 0.462. The number of thioether (sulfide) groups is 2. The molecule has 3 nitrogen and oxygen atoms in total. The lowest BCUT2D eigenvalue weighted by Gasteiger charge is -2.23. The molecule has 0 fully saturated rings. The van der Waals surface area contributed by atoms with Crippen molar-refractivity contribution in [2.24, 2.45) is 0 Å². The molecule has 0 aromatic heterocycles. The number of nitrogens with zero attached hydrogens (tertiary/aromatic N) is 1. The quantitative estimate of drug-likeness (QED) is 0.786. The molecule has 18 heavy (non-hydrogen) atoms. The highest BCUT2D eigenvalue weighted by atomic mass is 32.2. The van der Waals surface area contributed by atoms with E-state index in [0.29, 0.717) is 17.9 Å². The maximum Gasteiger partial charge on any atom is 0.102 e. The van der Waals surface area contributed by atoms with Crippen LogP contribution in [-0.2, 0) is 0 Å². The van der Waals surface area contributed by atoms with Crippen molar-refractivity contribution < 1.29 is 5.11 Å². The van der Waals surface area contributed by atoms with Gasteiger partial charge in [0.05, 0.1) is 16.9 Å². The topological polar surface area (TPSA) is 56.0 Å². The number of hydrogen-bond donors (Lipinski definition) is 2. The molecule has 0 radical (unpaired) electrons. The minimum atomic E-state index is -0.776. The van der Waals surface area contributed by atoms with Crippen LogP contribution in [0.2, 0.25) is 0 Å². The van der Waals surface area contributed by atoms with Crippen LogP contribution in [0.3, 0.4) is 0 Å². The van der Waals surface area contributed by atoms with Crippen LogP contribution < -0.4 is 5.32 Å². The standard InChI is InChI=1S/C13H18N2OS2/c1-13(16,9-17-2)8-15-11-5-4-6-12(18-3)10(11)7-14/h4-6,15-16H,8-9H2,1-3H3. The highest BCUT2D eigenvalue weighted by Crippen LogP contribution is 2.26. The van der Waals surface area contributed by atoms with Crippen LogP contribution >= 0.6 is 23.5 Å². The molecule has 0 bridgehead atoms. The van der Waals surface area contributed by atoms with E-state index in [0.717, 1.165) is 10.6 Å². The maximum atomic E-state index is 10.1. The second kappa shape index (κ2) is 6.93. The first-order chi connectivity index (χ1) is 8.54. The summed E-state index contributed by atoms with van der Waals surface area (Å²) in [6.45, 7) is 2.22. The number of aliphatic hydroxyl groups is 1. The third kappa shape index (κ3) is 4.13. The van der Waals surface area contributed by atoms with E-state index in [4.69, 9.17) is 0 Å². The Kier molecular flexibility index (Phi) is 5.86. The molecule has 0 spiro atoms. The van der Waals surface area contributed by atoms with Crippen LogP contribution in [0, 0.1) is 11.3 Å². The lowest BCUT2D eigenvalue weighted by Crippen LogP contribution is -2.36. The van der Waals surface area contributed by atoms with Crippen molar-refractivity contribution in [3.8, 4) is 6.07 Å². The monoisotopic (exact) mass is 282 g/mol. The zero-order valence-corrected chi connectivity index (χ0v) is 12.5. The van der Waals surface area contributed by atoms with Crippen molar-refractivity contribution in [2.75, 3.05) is 30.1 Å². The van der Waals surface area contributed by atoms with Gasteiger partial charge in [-0.1, -0.05) is 6.07 Å². The number of benzene rings is 1. The first kappa shape index (κ1) is 15.2. The lowest BCUT2D eigenvalue weighted by atomic mass is 10.1. The third-order valence-corrected chi connectivity index (χ3v) is 4.16. The Bertz CT molecular complexity index is 441. The van der Waals surface area contributed by atoms with Gasteiger partial charge < -0.3 is 10.4 Å². The second-order valence-electron chi connectivity index (χ2n) is 4.28. The average molecular weight is 282 g/mol. The molecule has 5 heteroatoms. The molecule has 1 unspecified atom stereocenters. The van der Waals surface area contributed by atoms with Gasteiger partial charge in [0.1, 0.15) is 6.07 Å². The summed E-state index contributed by atoms with van der Waals surface area (Å²) in [6.07, 6.45) is 3.91. The van der Waals surface area contributed by atoms with Crippen LogP contribution in [0.25, 0.3) is 0 Å². The summed E-state index contributed by atoms with van der Waals surface area (Å²) in [5.41, 5.74) is 0.650. The molecule has 0 aliphatic heterocycles. The predicted molar refractivity (Wildman–Crippen MR) is 80.4 cm³/mol. The predicted octanol–water partition coefficient (Wildman–Crippen LogP) is 2.81. The minimum absolute atomic E-state index is 0.431. The molecule has 98 valence electrons. The Morgan fingerprint density at radius 2 is 2.17 bits per heavy atom. The lowest BCUT2D eigenvalue weighted by molar-refractivity contribution is 0.0997. The van der Waals surface area contributed by atoms with E-state index in [1.165, 1.54) is 0 Å². The number of anilines is 1. The van der Waals surface area contributed by atoms with E-state index >= 15 is 0 Å². The first-order valence-corrected chi connectivity index (χ1v) is 8.18. The summed E-state index contributed by atoms with van der Waals surface area (Å²) in [5.74, 6) is 0.657. The molecule has 1 aromatic carbocycles. The Labute approximate surface area is 117 Å². The minimum Gasteiger partial charge on any atom is -0.387 e. The van der Waals surface area contributed by atoms with E-state index in [9.17, 15) is 10.4 Å². The molecule has 1 atom stereocenters. The molecular weight excluding hydrogens is 264 g/mol. The van der Waals surface area contributed by atoms with Crippen LogP contribution in [0.4, 0.5) is 5.69 Å². The van der Waals surface area contributed by atoms with Crippen molar-refractivity contribution in [1.29, 1.82) is 5.26 Å². The first-order valence-electron chi connectivity index (χ1n) is 5.56. The molecule has 1 aromatic rings. The number of hydrogen-bond acceptors (Lipinski definition) is 5. The van der Waals surface area contributed by atoms with Crippen molar-refractivity contribution in [2.45, 2.75) is 17.4 Å². The zero-order chi connectivity index (χ0) is 13.6. The number of nitriles is 1. The van der Waals surface area contributed by atoms with E-state index in [2.05, 4.69) is 11.4 Å². The van der Waals surface area contributed by atoms with Crippen molar-refractivity contribution in [1.82, 2.24) is 0 Å². The molecule has 0 aliphatic carbocycles. The van der Waals surface area contributed by atoms with E-state index in [1.54, 1.807) is 30.4 Å². The summed E-state index contributed by atoms with van der Waals surface area (Å²) in [6, 6.07) is 7.92. The fourth-order valence-corrected chi connectivity index (χ4v) is 2.91. The molecule has 2 N–H and O–H groups in total. The van der Waals surface area contributed by atoms with Gasteiger partial charge in [-0.3, -0.25) is 0 Å². The summed E-state index contributed by atoms with van der Waals surface area (Å²) >= 11 is 3.15. The van der Waals surface area contributed by atoms with Crippen LogP contribution in [0.15, 0.2) is 23.1 Å². The second-order valence-corrected chi connectivity index (χ2v) is 5.99. The van der Waals surface area contributed by atoms with Gasteiger partial charge in [-0.15, -0.1) is 11.8 Å². The molecule has 0 saturated heterocycles. The van der Waals surface area contributed by atoms with Crippen molar-refractivity contribution >= 4 is 29.2 Å². The Morgan fingerprint density at radius 3 is 2.72 bits per heavy atom. The van der Waals surface area contributed by atoms with Gasteiger partial charge in [0.2, 0.25) is 0 Å². The Balaban J connectivity index is 2.83. The molecule has 0 amide bonds. The highest BCUT2D eigenvalue weighted by molar-refractivity contribution is 7.98. The van der Waals surface area contributed by atoms with E-state index in [-0.39, 0.29) is 0 Å². The molecule has 0 saturated carbocycles.